The van der Waals surface area contributed by atoms with E-state index in [-0.39, 0.29) is 5.69 Å². The zero-order valence-corrected chi connectivity index (χ0v) is 21.7. The monoisotopic (exact) mass is 508 g/mol. The Labute approximate surface area is 219 Å². The number of amides is 1. The molecule has 8 heteroatoms. The number of hydrogen-bond acceptors (Lipinski definition) is 3. The number of aromatic amines is 1. The zero-order chi connectivity index (χ0) is 26.7. The van der Waals surface area contributed by atoms with Crippen LogP contribution in [0.15, 0.2) is 83.9 Å². The van der Waals surface area contributed by atoms with E-state index in [1.54, 1.807) is 20.2 Å². The molecule has 0 saturated heterocycles. The highest BCUT2D eigenvalue weighted by molar-refractivity contribution is 5.92. The first-order chi connectivity index (χ1) is 18.2. The van der Waals surface area contributed by atoms with E-state index >= 15 is 0 Å². The van der Waals surface area contributed by atoms with Crippen LogP contribution in [0.3, 0.4) is 0 Å². The first kappa shape index (κ1) is 23.9. The molecule has 1 aliphatic rings. The number of nitrogens with zero attached hydrogens (tertiary/aromatic N) is 4. The van der Waals surface area contributed by atoms with Gasteiger partial charge in [-0.2, -0.15) is 0 Å². The molecule has 3 heterocycles. The minimum absolute atomic E-state index is 0.253. The van der Waals surface area contributed by atoms with Gasteiger partial charge in [-0.3, -0.25) is 9.88 Å². The van der Waals surface area contributed by atoms with Gasteiger partial charge < -0.3 is 5.11 Å². The number of fused-ring (bicyclic) bond motifs is 3. The Morgan fingerprint density at radius 3 is 2.37 bits per heavy atom. The lowest BCUT2D eigenvalue weighted by Crippen LogP contribution is -2.60. The number of carboxylic acid groups (broad SMARTS) is 1. The van der Waals surface area contributed by atoms with Crippen molar-refractivity contribution in [1.29, 1.82) is 0 Å². The lowest BCUT2D eigenvalue weighted by Gasteiger charge is -2.54. The molecule has 192 valence electrons. The third-order valence-electron chi connectivity index (χ3n) is 7.65. The molecule has 6 rings (SSSR count). The van der Waals surface area contributed by atoms with Crippen LogP contribution >= 0.6 is 0 Å². The number of hydrogen-bond donors (Lipinski definition) is 2. The molecule has 2 aromatic carbocycles. The standard InChI is InChI=1S/C30H29N5O3/c1-29(2,3)35(28(37)38)30(15-7-16-30)22-10-12-23(13-11-22)34-26-24-18-21(20-8-5-4-6-9-20)19-31-25(24)14-17-33(26)27(36)32-34/h4-6,8-14,17-19H,7,15-16H2,1-3H3,(H-,32,36,37,38)/p+1. The first-order valence-electron chi connectivity index (χ1n) is 12.8. The topological polar surface area (TPSA) is 94.6 Å². The number of aromatic nitrogens is 4. The van der Waals surface area contributed by atoms with Gasteiger partial charge in [0.2, 0.25) is 0 Å². The summed E-state index contributed by atoms with van der Waals surface area (Å²) in [6.45, 7) is 5.81. The summed E-state index contributed by atoms with van der Waals surface area (Å²) in [6, 6.07) is 21.8. The molecule has 8 nitrogen and oxygen atoms in total. The minimum atomic E-state index is -0.911. The summed E-state index contributed by atoms with van der Waals surface area (Å²) in [4.78, 5) is 31.5. The fraction of sp³-hybridized carbons (Fsp3) is 0.267. The lowest BCUT2D eigenvalue weighted by atomic mass is 9.69. The van der Waals surface area contributed by atoms with Crippen molar-refractivity contribution in [1.82, 2.24) is 19.4 Å². The maximum Gasteiger partial charge on any atom is 0.449 e. The van der Waals surface area contributed by atoms with Crippen molar-refractivity contribution in [3.63, 3.8) is 0 Å². The smallest absolute Gasteiger partial charge is 0.449 e. The van der Waals surface area contributed by atoms with Crippen molar-refractivity contribution in [3.8, 4) is 16.8 Å². The van der Waals surface area contributed by atoms with Gasteiger partial charge in [0.05, 0.1) is 16.4 Å². The van der Waals surface area contributed by atoms with E-state index in [9.17, 15) is 14.7 Å². The van der Waals surface area contributed by atoms with E-state index in [1.807, 2.05) is 87.6 Å². The molecule has 1 saturated carbocycles. The van der Waals surface area contributed by atoms with Gasteiger partial charge in [-0.1, -0.05) is 42.5 Å². The molecule has 0 spiro atoms. The van der Waals surface area contributed by atoms with Crippen LogP contribution in [-0.2, 0) is 5.54 Å². The average molecular weight is 509 g/mol. The molecular formula is C30H30N5O3+. The van der Waals surface area contributed by atoms with Crippen LogP contribution in [0.2, 0.25) is 0 Å². The van der Waals surface area contributed by atoms with E-state index in [0.717, 1.165) is 52.5 Å². The summed E-state index contributed by atoms with van der Waals surface area (Å²) < 4.78 is 3.36. The van der Waals surface area contributed by atoms with Gasteiger partial charge in [-0.25, -0.2) is 9.59 Å². The van der Waals surface area contributed by atoms with Crippen molar-refractivity contribution in [2.45, 2.75) is 51.1 Å². The SMILES string of the molecule is CC(C)(C)N(C(=O)O)C1(c2ccc(-[n+]3[nH]c(=O)n4ccc5ncc(-c6ccccc6)cc5c43)cc2)CCC1. The van der Waals surface area contributed by atoms with Crippen LogP contribution in [0.25, 0.3) is 33.4 Å². The van der Waals surface area contributed by atoms with Gasteiger partial charge in [0.1, 0.15) is 6.20 Å². The number of H-pyrrole nitrogens is 1. The number of nitrogens with one attached hydrogen (secondary N) is 1. The van der Waals surface area contributed by atoms with Crippen LogP contribution in [-0.4, -0.2) is 36.1 Å². The normalized spacial score (nSPS) is 14.9. The number of carbonyl (C=O) groups is 1. The van der Waals surface area contributed by atoms with Crippen molar-refractivity contribution in [2.24, 2.45) is 0 Å². The summed E-state index contributed by atoms with van der Waals surface area (Å²) in [5.74, 6) is 0. The molecule has 5 aromatic rings. The van der Waals surface area contributed by atoms with E-state index in [2.05, 4.69) is 16.1 Å². The molecule has 2 N–H and O–H groups in total. The summed E-state index contributed by atoms with van der Waals surface area (Å²) in [5, 5.41) is 13.9. The van der Waals surface area contributed by atoms with Crippen molar-refractivity contribution in [3.05, 3.63) is 95.2 Å². The Morgan fingerprint density at radius 2 is 1.76 bits per heavy atom. The van der Waals surface area contributed by atoms with Gasteiger partial charge >= 0.3 is 17.4 Å². The molecule has 0 atom stereocenters. The van der Waals surface area contributed by atoms with Crippen LogP contribution in [0.5, 0.6) is 0 Å². The van der Waals surface area contributed by atoms with Gasteiger partial charge in [-0.05, 0) is 69.4 Å². The Hall–Kier alpha value is -4.46. The third kappa shape index (κ3) is 3.67. The molecule has 0 aliphatic heterocycles. The van der Waals surface area contributed by atoms with E-state index in [0.29, 0.717) is 5.65 Å². The highest BCUT2D eigenvalue weighted by Gasteiger charge is 2.50. The van der Waals surface area contributed by atoms with E-state index in [4.69, 9.17) is 0 Å². The second-order valence-electron chi connectivity index (χ2n) is 11.0. The highest BCUT2D eigenvalue weighted by Crippen LogP contribution is 2.49. The van der Waals surface area contributed by atoms with Gasteiger partial charge in [0.15, 0.2) is 5.69 Å². The lowest BCUT2D eigenvalue weighted by molar-refractivity contribution is -0.631. The Morgan fingerprint density at radius 1 is 1.05 bits per heavy atom. The van der Waals surface area contributed by atoms with Crippen LogP contribution in [0.4, 0.5) is 4.79 Å². The molecule has 0 bridgehead atoms. The zero-order valence-electron chi connectivity index (χ0n) is 21.7. The van der Waals surface area contributed by atoms with Gasteiger partial charge in [-0.15, -0.1) is 14.2 Å². The molecule has 1 fully saturated rings. The molecule has 1 amide bonds. The molecule has 3 aromatic heterocycles. The summed E-state index contributed by atoms with van der Waals surface area (Å²) in [6.07, 6.45) is 5.22. The minimum Gasteiger partial charge on any atom is -0.465 e. The van der Waals surface area contributed by atoms with Crippen LogP contribution in [0.1, 0.15) is 45.6 Å². The van der Waals surface area contributed by atoms with Crippen LogP contribution < -0.4 is 10.4 Å². The van der Waals surface area contributed by atoms with Crippen molar-refractivity contribution in [2.75, 3.05) is 0 Å². The Balaban J connectivity index is 1.49. The summed E-state index contributed by atoms with van der Waals surface area (Å²) >= 11 is 0. The van der Waals surface area contributed by atoms with Crippen molar-refractivity contribution < 1.29 is 14.6 Å². The molecule has 0 radical (unpaired) electrons. The van der Waals surface area contributed by atoms with Crippen molar-refractivity contribution >= 4 is 22.6 Å². The molecule has 1 aliphatic carbocycles. The van der Waals surface area contributed by atoms with E-state index < -0.39 is 17.2 Å². The number of rotatable bonds is 4. The van der Waals surface area contributed by atoms with Gasteiger partial charge in [0.25, 0.3) is 0 Å². The Kier molecular flexibility index (Phi) is 5.38. The van der Waals surface area contributed by atoms with E-state index in [1.165, 1.54) is 0 Å². The molecular weight excluding hydrogens is 478 g/mol. The maximum atomic E-state index is 12.9. The number of pyridine rings is 2. The second-order valence-corrected chi connectivity index (χ2v) is 11.0. The summed E-state index contributed by atoms with van der Waals surface area (Å²) in [5.41, 5.74) is 3.88. The van der Waals surface area contributed by atoms with Gasteiger partial charge in [0, 0.05) is 23.4 Å². The maximum absolute atomic E-state index is 12.9. The predicted octanol–water partition coefficient (Wildman–Crippen LogP) is 5.28. The molecule has 0 unspecified atom stereocenters. The first-order valence-corrected chi connectivity index (χ1v) is 12.8. The highest BCUT2D eigenvalue weighted by atomic mass is 16.4. The fourth-order valence-electron chi connectivity index (χ4n) is 5.89. The third-order valence-corrected chi connectivity index (χ3v) is 7.65. The number of benzene rings is 2. The largest absolute Gasteiger partial charge is 0.465 e. The second kappa shape index (κ2) is 8.55. The molecule has 38 heavy (non-hydrogen) atoms. The predicted molar refractivity (Wildman–Crippen MR) is 145 cm³/mol. The summed E-state index contributed by atoms with van der Waals surface area (Å²) in [7, 11) is 0. The average Bonchev–Trinajstić information content (AvgIpc) is 3.22. The quantitative estimate of drug-likeness (QED) is 0.323. The van der Waals surface area contributed by atoms with Crippen LogP contribution in [0, 0.1) is 0 Å². The Bertz CT molecular complexity index is 1730. The fourth-order valence-corrected chi connectivity index (χ4v) is 5.89.